The van der Waals surface area contributed by atoms with Gasteiger partial charge in [0.25, 0.3) is 0 Å². The lowest BCUT2D eigenvalue weighted by Crippen LogP contribution is -2.50. The lowest BCUT2D eigenvalue weighted by Gasteiger charge is -2.41. The molecule has 0 saturated heterocycles. The Morgan fingerprint density at radius 3 is 2.03 bits per heavy atom. The zero-order chi connectivity index (χ0) is 24.2. The molecule has 0 bridgehead atoms. The quantitative estimate of drug-likeness (QED) is 0.372. The SMILES string of the molecule is CC(C)(C)OC(=O)ON(C(=O)OC(C)(C)C)[C@H]1C[C@H](c2cccc(Oc3ccccc3)c2)C1. The van der Waals surface area contributed by atoms with Crippen molar-refractivity contribution in [1.82, 2.24) is 5.06 Å². The third kappa shape index (κ3) is 7.41. The summed E-state index contributed by atoms with van der Waals surface area (Å²) in [4.78, 5) is 30.3. The van der Waals surface area contributed by atoms with Gasteiger partial charge >= 0.3 is 12.2 Å². The van der Waals surface area contributed by atoms with Crippen LogP contribution in [0.2, 0.25) is 0 Å². The van der Waals surface area contributed by atoms with Gasteiger partial charge in [0.1, 0.15) is 22.7 Å². The molecule has 0 N–H and O–H groups in total. The number of ether oxygens (including phenoxy) is 3. The van der Waals surface area contributed by atoms with Crippen LogP contribution in [0.3, 0.4) is 0 Å². The van der Waals surface area contributed by atoms with Gasteiger partial charge in [-0.3, -0.25) is 4.84 Å². The maximum atomic E-state index is 12.7. The molecule has 1 amide bonds. The Balaban J connectivity index is 1.67. The minimum Gasteiger partial charge on any atom is -0.457 e. The molecule has 0 aromatic heterocycles. The number of hydrogen-bond donors (Lipinski definition) is 0. The molecule has 0 aliphatic heterocycles. The fourth-order valence-corrected chi connectivity index (χ4v) is 3.42. The fraction of sp³-hybridized carbons (Fsp3) is 0.462. The molecule has 33 heavy (non-hydrogen) atoms. The molecule has 0 unspecified atom stereocenters. The minimum absolute atomic E-state index is 0.196. The summed E-state index contributed by atoms with van der Waals surface area (Å²) in [6.07, 6.45) is -0.402. The normalized spacial score (nSPS) is 18.0. The molecule has 178 valence electrons. The number of hydrogen-bond acceptors (Lipinski definition) is 6. The van der Waals surface area contributed by atoms with Crippen molar-refractivity contribution in [3.8, 4) is 11.5 Å². The number of amides is 1. The van der Waals surface area contributed by atoms with Crippen molar-refractivity contribution in [1.29, 1.82) is 0 Å². The molecule has 0 heterocycles. The van der Waals surface area contributed by atoms with Crippen LogP contribution in [-0.2, 0) is 14.3 Å². The molecule has 0 atom stereocenters. The Labute approximate surface area is 195 Å². The second kappa shape index (κ2) is 9.73. The highest BCUT2D eigenvalue weighted by Gasteiger charge is 2.42. The number of hydroxylamine groups is 2. The summed E-state index contributed by atoms with van der Waals surface area (Å²) in [7, 11) is 0. The van der Waals surface area contributed by atoms with E-state index in [1.165, 1.54) is 0 Å². The summed E-state index contributed by atoms with van der Waals surface area (Å²) >= 11 is 0. The summed E-state index contributed by atoms with van der Waals surface area (Å²) in [5.74, 6) is 1.71. The van der Waals surface area contributed by atoms with Gasteiger partial charge in [-0.2, -0.15) is 0 Å². The van der Waals surface area contributed by atoms with E-state index in [0.717, 1.165) is 22.1 Å². The summed E-state index contributed by atoms with van der Waals surface area (Å²) in [5, 5.41) is 1.01. The van der Waals surface area contributed by atoms with Crippen LogP contribution in [-0.4, -0.2) is 34.6 Å². The van der Waals surface area contributed by atoms with Gasteiger partial charge in [-0.25, -0.2) is 9.59 Å². The van der Waals surface area contributed by atoms with Gasteiger partial charge in [-0.05, 0) is 90.1 Å². The number of benzene rings is 2. The fourth-order valence-electron chi connectivity index (χ4n) is 3.42. The molecule has 0 spiro atoms. The summed E-state index contributed by atoms with van der Waals surface area (Å²) in [5.41, 5.74) is -0.363. The van der Waals surface area contributed by atoms with Crippen LogP contribution in [0.5, 0.6) is 11.5 Å². The van der Waals surface area contributed by atoms with Crippen LogP contribution in [0.4, 0.5) is 9.59 Å². The molecular formula is C26H33NO6. The summed E-state index contributed by atoms with van der Waals surface area (Å²) < 4.78 is 16.6. The Morgan fingerprint density at radius 1 is 0.818 bits per heavy atom. The summed E-state index contributed by atoms with van der Waals surface area (Å²) in [6.45, 7) is 10.5. The summed E-state index contributed by atoms with van der Waals surface area (Å²) in [6, 6.07) is 17.2. The maximum absolute atomic E-state index is 12.7. The molecule has 7 nitrogen and oxygen atoms in total. The number of nitrogens with zero attached hydrogens (tertiary/aromatic N) is 1. The topological polar surface area (TPSA) is 74.3 Å². The van der Waals surface area contributed by atoms with E-state index < -0.39 is 23.5 Å². The van der Waals surface area contributed by atoms with E-state index >= 15 is 0 Å². The van der Waals surface area contributed by atoms with Gasteiger partial charge < -0.3 is 14.2 Å². The Morgan fingerprint density at radius 2 is 1.42 bits per heavy atom. The molecule has 0 radical (unpaired) electrons. The van der Waals surface area contributed by atoms with E-state index in [-0.39, 0.29) is 12.0 Å². The number of para-hydroxylation sites is 1. The largest absolute Gasteiger partial charge is 0.534 e. The molecule has 1 aliphatic carbocycles. The van der Waals surface area contributed by atoms with Gasteiger partial charge in [0, 0.05) is 0 Å². The van der Waals surface area contributed by atoms with Gasteiger partial charge in [0.05, 0.1) is 6.04 Å². The van der Waals surface area contributed by atoms with Crippen molar-refractivity contribution in [2.75, 3.05) is 0 Å². The lowest BCUT2D eigenvalue weighted by atomic mass is 9.75. The van der Waals surface area contributed by atoms with E-state index in [4.69, 9.17) is 19.0 Å². The molecule has 2 aromatic carbocycles. The van der Waals surface area contributed by atoms with Gasteiger partial charge in [0.2, 0.25) is 0 Å². The molecular weight excluding hydrogens is 422 g/mol. The highest BCUT2D eigenvalue weighted by molar-refractivity contribution is 5.70. The monoisotopic (exact) mass is 455 g/mol. The highest BCUT2D eigenvalue weighted by Crippen LogP contribution is 2.41. The lowest BCUT2D eigenvalue weighted by molar-refractivity contribution is -0.169. The van der Waals surface area contributed by atoms with E-state index in [2.05, 4.69) is 0 Å². The average Bonchev–Trinajstić information content (AvgIpc) is 2.64. The molecule has 3 rings (SSSR count). The van der Waals surface area contributed by atoms with Crippen LogP contribution in [0.15, 0.2) is 54.6 Å². The first-order valence-electron chi connectivity index (χ1n) is 11.2. The van der Waals surface area contributed by atoms with Crippen molar-refractivity contribution in [3.05, 3.63) is 60.2 Å². The second-order valence-electron chi connectivity index (χ2n) is 10.2. The Kier molecular flexibility index (Phi) is 7.20. The first-order chi connectivity index (χ1) is 15.4. The predicted octanol–water partition coefficient (Wildman–Crippen LogP) is 6.83. The standard InChI is InChI=1S/C26H33NO6/c1-25(2,3)31-23(28)27(33-24(29)32-26(4,5)6)20-15-19(16-20)18-11-10-14-22(17-18)30-21-12-8-7-9-13-21/h7-14,17,19-20H,15-16H2,1-6H3/t19-,20-. The molecule has 2 aromatic rings. The second-order valence-corrected chi connectivity index (χ2v) is 10.2. The first-order valence-corrected chi connectivity index (χ1v) is 11.2. The zero-order valence-electron chi connectivity index (χ0n) is 20.2. The van der Waals surface area contributed by atoms with E-state index in [1.807, 2.05) is 54.6 Å². The Bertz CT molecular complexity index is 955. The predicted molar refractivity (Wildman–Crippen MR) is 124 cm³/mol. The molecule has 1 saturated carbocycles. The van der Waals surface area contributed by atoms with E-state index in [9.17, 15) is 9.59 Å². The van der Waals surface area contributed by atoms with Crippen LogP contribution in [0.1, 0.15) is 65.9 Å². The third-order valence-corrected chi connectivity index (χ3v) is 4.89. The first kappa shape index (κ1) is 24.4. The van der Waals surface area contributed by atoms with Crippen molar-refractivity contribution in [3.63, 3.8) is 0 Å². The zero-order valence-corrected chi connectivity index (χ0v) is 20.2. The molecule has 7 heteroatoms. The smallest absolute Gasteiger partial charge is 0.457 e. The van der Waals surface area contributed by atoms with E-state index in [1.54, 1.807) is 41.5 Å². The van der Waals surface area contributed by atoms with Gasteiger partial charge in [-0.1, -0.05) is 30.3 Å². The van der Waals surface area contributed by atoms with Crippen molar-refractivity contribution < 1.29 is 28.6 Å². The number of carbonyl (C=O) groups is 2. The Hall–Kier alpha value is -3.22. The third-order valence-electron chi connectivity index (χ3n) is 4.89. The van der Waals surface area contributed by atoms with E-state index in [0.29, 0.717) is 12.8 Å². The minimum atomic E-state index is -0.935. The van der Waals surface area contributed by atoms with Crippen LogP contribution < -0.4 is 4.74 Å². The number of rotatable bonds is 4. The average molecular weight is 456 g/mol. The van der Waals surface area contributed by atoms with Gasteiger partial charge in [-0.15, -0.1) is 5.06 Å². The van der Waals surface area contributed by atoms with Crippen LogP contribution >= 0.6 is 0 Å². The van der Waals surface area contributed by atoms with Crippen LogP contribution in [0.25, 0.3) is 0 Å². The number of carbonyl (C=O) groups excluding carboxylic acids is 2. The molecule has 1 fully saturated rings. The van der Waals surface area contributed by atoms with Crippen molar-refractivity contribution >= 4 is 12.2 Å². The van der Waals surface area contributed by atoms with Crippen molar-refractivity contribution in [2.45, 2.75) is 77.5 Å². The maximum Gasteiger partial charge on any atom is 0.534 e. The highest BCUT2D eigenvalue weighted by atomic mass is 16.8. The van der Waals surface area contributed by atoms with Crippen LogP contribution in [0, 0.1) is 0 Å². The molecule has 1 aliphatic rings. The van der Waals surface area contributed by atoms with Crippen molar-refractivity contribution in [2.24, 2.45) is 0 Å². The van der Waals surface area contributed by atoms with Gasteiger partial charge in [0.15, 0.2) is 0 Å².